The molecule has 1 aliphatic heterocycles. The van der Waals surface area contributed by atoms with Crippen molar-refractivity contribution < 1.29 is 9.53 Å². The molecule has 0 spiro atoms. The number of carbonyl (C=O) groups excluding carboxylic acids is 1. The van der Waals surface area contributed by atoms with E-state index < -0.39 is 6.10 Å². The Bertz CT molecular complexity index is 715. The molecule has 4 rings (SSSR count). The third-order valence-electron chi connectivity index (χ3n) is 4.68. The predicted octanol–water partition coefficient (Wildman–Crippen LogP) is 4.66. The number of ether oxygens (including phenoxy) is 1. The van der Waals surface area contributed by atoms with E-state index in [1.165, 1.54) is 25.7 Å². The number of hydrogen-bond acceptors (Lipinski definition) is 3. The summed E-state index contributed by atoms with van der Waals surface area (Å²) in [5.41, 5.74) is 2.00. The fourth-order valence-corrected chi connectivity index (χ4v) is 4.73. The molecule has 1 atom stereocenters. The third-order valence-corrected chi connectivity index (χ3v) is 6.10. The summed E-state index contributed by atoms with van der Waals surface area (Å²) in [6, 6.07) is 16.0. The van der Waals surface area contributed by atoms with Gasteiger partial charge >= 0.3 is 0 Å². The molecule has 1 unspecified atom stereocenters. The molecule has 0 saturated heterocycles. The summed E-state index contributed by atoms with van der Waals surface area (Å²) in [7, 11) is 0. The van der Waals surface area contributed by atoms with Crippen molar-refractivity contribution in [2.24, 2.45) is 0 Å². The molecule has 0 aromatic heterocycles. The molecule has 24 heavy (non-hydrogen) atoms. The summed E-state index contributed by atoms with van der Waals surface area (Å²) < 4.78 is 5.80. The Balaban J connectivity index is 1.45. The molecular weight excluding hydrogens is 318 g/mol. The van der Waals surface area contributed by atoms with Gasteiger partial charge in [-0.05, 0) is 36.6 Å². The van der Waals surface area contributed by atoms with Crippen molar-refractivity contribution in [2.45, 2.75) is 48.4 Å². The zero-order chi connectivity index (χ0) is 16.4. The van der Waals surface area contributed by atoms with Crippen LogP contribution in [0.5, 0.6) is 5.75 Å². The second kappa shape index (κ2) is 6.89. The minimum Gasteiger partial charge on any atom is -0.480 e. The molecule has 1 N–H and O–H groups in total. The summed E-state index contributed by atoms with van der Waals surface area (Å²) in [4.78, 5) is 13.8. The number of hydrogen-bond donors (Lipinski definition) is 1. The summed E-state index contributed by atoms with van der Waals surface area (Å²) in [6.45, 7) is 0. The molecule has 2 aromatic rings. The van der Waals surface area contributed by atoms with Crippen LogP contribution in [-0.2, 0) is 11.2 Å². The second-order valence-electron chi connectivity index (χ2n) is 6.43. The summed E-state index contributed by atoms with van der Waals surface area (Å²) >= 11 is 1.89. The first kappa shape index (κ1) is 15.6. The lowest BCUT2D eigenvalue weighted by atomic mass is 10.1. The normalized spacial score (nSPS) is 19.8. The van der Waals surface area contributed by atoms with Gasteiger partial charge in [-0.25, -0.2) is 0 Å². The average Bonchev–Trinajstić information content (AvgIpc) is 3.25. The van der Waals surface area contributed by atoms with Gasteiger partial charge in [-0.1, -0.05) is 43.2 Å². The minimum absolute atomic E-state index is 0.0642. The smallest absolute Gasteiger partial charge is 0.265 e. The number of fused-ring (bicyclic) bond motifs is 1. The van der Waals surface area contributed by atoms with E-state index in [4.69, 9.17) is 4.74 Å². The molecule has 1 heterocycles. The first-order valence-corrected chi connectivity index (χ1v) is 9.49. The lowest BCUT2D eigenvalue weighted by molar-refractivity contribution is -0.122. The van der Waals surface area contributed by atoms with Crippen molar-refractivity contribution >= 4 is 23.4 Å². The van der Waals surface area contributed by atoms with E-state index in [-0.39, 0.29) is 5.91 Å². The van der Waals surface area contributed by atoms with Crippen molar-refractivity contribution in [1.29, 1.82) is 0 Å². The third kappa shape index (κ3) is 3.29. The zero-order valence-electron chi connectivity index (χ0n) is 13.5. The molecule has 4 heteroatoms. The fourth-order valence-electron chi connectivity index (χ4n) is 3.40. The van der Waals surface area contributed by atoms with Gasteiger partial charge in [0, 0.05) is 16.6 Å². The van der Waals surface area contributed by atoms with E-state index in [1.54, 1.807) is 0 Å². The molecule has 3 nitrogen and oxygen atoms in total. The van der Waals surface area contributed by atoms with Crippen LogP contribution in [0.15, 0.2) is 53.4 Å². The molecule has 1 aliphatic carbocycles. The van der Waals surface area contributed by atoms with Crippen molar-refractivity contribution in [1.82, 2.24) is 0 Å². The number of carbonyl (C=O) groups is 1. The number of thioether (sulfide) groups is 1. The number of benzene rings is 2. The van der Waals surface area contributed by atoms with Crippen LogP contribution < -0.4 is 10.1 Å². The number of para-hydroxylation sites is 2. The van der Waals surface area contributed by atoms with Gasteiger partial charge in [-0.15, -0.1) is 11.8 Å². The Morgan fingerprint density at radius 3 is 2.62 bits per heavy atom. The zero-order valence-corrected chi connectivity index (χ0v) is 14.4. The summed E-state index contributed by atoms with van der Waals surface area (Å²) in [5, 5.41) is 3.75. The first-order valence-electron chi connectivity index (χ1n) is 8.61. The highest BCUT2D eigenvalue weighted by molar-refractivity contribution is 8.00. The number of amides is 1. The fraction of sp³-hybridized carbons (Fsp3) is 0.350. The van der Waals surface area contributed by atoms with E-state index in [2.05, 4.69) is 11.4 Å². The number of anilines is 1. The van der Waals surface area contributed by atoms with Gasteiger partial charge in [0.1, 0.15) is 5.75 Å². The molecule has 1 fully saturated rings. The van der Waals surface area contributed by atoms with Crippen LogP contribution in [0.4, 0.5) is 5.69 Å². The molecule has 124 valence electrons. The lowest BCUT2D eigenvalue weighted by Crippen LogP contribution is -2.31. The van der Waals surface area contributed by atoms with Gasteiger partial charge in [-0.2, -0.15) is 0 Å². The predicted molar refractivity (Wildman–Crippen MR) is 97.7 cm³/mol. The minimum atomic E-state index is -0.438. The maximum atomic E-state index is 12.6. The number of rotatable bonds is 4. The van der Waals surface area contributed by atoms with Crippen LogP contribution in [-0.4, -0.2) is 17.3 Å². The molecule has 1 saturated carbocycles. The van der Waals surface area contributed by atoms with Crippen LogP contribution in [0, 0.1) is 0 Å². The highest BCUT2D eigenvalue weighted by atomic mass is 32.2. The van der Waals surface area contributed by atoms with E-state index in [0.717, 1.165) is 21.9 Å². The van der Waals surface area contributed by atoms with Gasteiger partial charge < -0.3 is 10.1 Å². The van der Waals surface area contributed by atoms with Gasteiger partial charge in [0.2, 0.25) is 0 Å². The monoisotopic (exact) mass is 339 g/mol. The highest BCUT2D eigenvalue weighted by Crippen LogP contribution is 2.38. The molecular formula is C20H21NO2S. The van der Waals surface area contributed by atoms with Crippen molar-refractivity contribution in [2.75, 3.05) is 5.32 Å². The standard InChI is InChI=1S/C20H21NO2S/c22-20(18-13-14-7-1-5-11-17(14)23-18)21-16-10-4-6-12-19(16)24-15-8-2-3-9-15/h1,4-7,10-12,15,18H,2-3,8-9,13H2,(H,21,22). The maximum Gasteiger partial charge on any atom is 0.265 e. The molecule has 2 aromatic carbocycles. The molecule has 0 radical (unpaired) electrons. The largest absolute Gasteiger partial charge is 0.480 e. The van der Waals surface area contributed by atoms with Crippen LogP contribution in [0.3, 0.4) is 0 Å². The van der Waals surface area contributed by atoms with Crippen LogP contribution in [0.25, 0.3) is 0 Å². The Morgan fingerprint density at radius 1 is 1.04 bits per heavy atom. The van der Waals surface area contributed by atoms with Crippen LogP contribution >= 0.6 is 11.8 Å². The van der Waals surface area contributed by atoms with E-state index in [1.807, 2.05) is 54.2 Å². The van der Waals surface area contributed by atoms with Gasteiger partial charge in [0.05, 0.1) is 5.69 Å². The Labute approximate surface area is 146 Å². The molecule has 2 aliphatic rings. The van der Waals surface area contributed by atoms with Crippen molar-refractivity contribution in [3.8, 4) is 5.75 Å². The molecule has 1 amide bonds. The Morgan fingerprint density at radius 2 is 1.79 bits per heavy atom. The van der Waals surface area contributed by atoms with E-state index >= 15 is 0 Å². The molecule has 0 bridgehead atoms. The number of nitrogens with one attached hydrogen (secondary N) is 1. The first-order chi connectivity index (χ1) is 11.8. The SMILES string of the molecule is O=C(Nc1ccccc1SC1CCCC1)C1Cc2ccccc2O1. The lowest BCUT2D eigenvalue weighted by Gasteiger charge is -2.16. The van der Waals surface area contributed by atoms with Crippen LogP contribution in [0.1, 0.15) is 31.2 Å². The Kier molecular flexibility index (Phi) is 4.48. The second-order valence-corrected chi connectivity index (χ2v) is 7.77. The van der Waals surface area contributed by atoms with Gasteiger partial charge in [0.15, 0.2) is 6.10 Å². The Hall–Kier alpha value is -1.94. The van der Waals surface area contributed by atoms with E-state index in [9.17, 15) is 4.79 Å². The summed E-state index contributed by atoms with van der Waals surface area (Å²) in [5.74, 6) is 0.761. The van der Waals surface area contributed by atoms with E-state index in [0.29, 0.717) is 11.7 Å². The summed E-state index contributed by atoms with van der Waals surface area (Å²) in [6.07, 6.45) is 5.38. The van der Waals surface area contributed by atoms with Crippen LogP contribution in [0.2, 0.25) is 0 Å². The van der Waals surface area contributed by atoms with Gasteiger partial charge in [0.25, 0.3) is 5.91 Å². The highest BCUT2D eigenvalue weighted by Gasteiger charge is 2.29. The quantitative estimate of drug-likeness (QED) is 0.880. The maximum absolute atomic E-state index is 12.6. The van der Waals surface area contributed by atoms with Gasteiger partial charge in [-0.3, -0.25) is 4.79 Å². The van der Waals surface area contributed by atoms with Crippen molar-refractivity contribution in [3.05, 3.63) is 54.1 Å². The topological polar surface area (TPSA) is 38.3 Å². The average molecular weight is 339 g/mol. The van der Waals surface area contributed by atoms with Crippen molar-refractivity contribution in [3.63, 3.8) is 0 Å².